The number of carbonyl (C=O) groups is 2. The predicted octanol–water partition coefficient (Wildman–Crippen LogP) is 4.46. The Bertz CT molecular complexity index is 1120. The van der Waals surface area contributed by atoms with Crippen LogP contribution in [0.4, 0.5) is 0 Å². The quantitative estimate of drug-likeness (QED) is 0.555. The molecule has 2 amide bonds. The van der Waals surface area contributed by atoms with Crippen LogP contribution in [0.5, 0.6) is 0 Å². The molecule has 0 spiro atoms. The van der Waals surface area contributed by atoms with Gasteiger partial charge in [-0.05, 0) is 43.7 Å². The number of hydrogen-bond acceptors (Lipinski definition) is 6. The van der Waals surface area contributed by atoms with Crippen molar-refractivity contribution in [2.75, 3.05) is 6.54 Å². The van der Waals surface area contributed by atoms with Crippen LogP contribution in [0.3, 0.4) is 0 Å². The number of aromatic nitrogens is 2. The summed E-state index contributed by atoms with van der Waals surface area (Å²) in [6.45, 7) is 8.82. The highest BCUT2D eigenvalue weighted by Gasteiger charge is 2.39. The van der Waals surface area contributed by atoms with E-state index in [0.717, 1.165) is 33.8 Å². The molecule has 0 saturated carbocycles. The molecule has 2 atom stereocenters. The van der Waals surface area contributed by atoms with E-state index in [-0.39, 0.29) is 17.7 Å². The molecule has 1 aromatic carbocycles. The molecule has 33 heavy (non-hydrogen) atoms. The van der Waals surface area contributed by atoms with Crippen molar-refractivity contribution in [3.8, 4) is 10.4 Å². The van der Waals surface area contributed by atoms with Gasteiger partial charge < -0.3 is 14.7 Å². The van der Waals surface area contributed by atoms with Crippen molar-refractivity contribution in [2.24, 2.45) is 5.92 Å². The van der Waals surface area contributed by atoms with Crippen LogP contribution in [-0.2, 0) is 16.1 Å². The lowest BCUT2D eigenvalue weighted by Gasteiger charge is -2.28. The van der Waals surface area contributed by atoms with E-state index in [9.17, 15) is 9.59 Å². The number of carbonyl (C=O) groups excluding carboxylic acids is 2. The molecule has 2 unspecified atom stereocenters. The molecule has 1 saturated heterocycles. The summed E-state index contributed by atoms with van der Waals surface area (Å²) in [6, 6.07) is 9.51. The predicted molar refractivity (Wildman–Crippen MR) is 128 cm³/mol. The lowest BCUT2D eigenvalue weighted by Crippen LogP contribution is -2.47. The number of amides is 2. The zero-order chi connectivity index (χ0) is 23.5. The van der Waals surface area contributed by atoms with E-state index in [1.54, 1.807) is 16.2 Å². The van der Waals surface area contributed by atoms with Crippen LogP contribution in [0.15, 0.2) is 40.4 Å². The Labute approximate surface area is 198 Å². The third-order valence-corrected chi connectivity index (χ3v) is 7.13. The lowest BCUT2D eigenvalue weighted by molar-refractivity contribution is -0.140. The van der Waals surface area contributed by atoms with E-state index >= 15 is 0 Å². The third kappa shape index (κ3) is 5.00. The molecule has 0 aliphatic carbocycles. The van der Waals surface area contributed by atoms with Gasteiger partial charge in [-0.2, -0.15) is 0 Å². The minimum Gasteiger partial charge on any atom is -0.360 e. The first-order valence-electron chi connectivity index (χ1n) is 11.4. The monoisotopic (exact) mass is 466 g/mol. The molecule has 1 fully saturated rings. The van der Waals surface area contributed by atoms with Crippen LogP contribution in [0.1, 0.15) is 55.3 Å². The molecule has 0 bridgehead atoms. The standard InChI is InChI=1S/C25H30N4O3S/c1-15(2)22(21-12-16(3)28-32-21)25(31)29-11-5-6-20(29)24(30)26-13-18-7-9-19(10-8-18)23-17(4)27-14-33-23/h7-10,12,14-15,20,22H,5-6,11,13H2,1-4H3,(H,26,30). The Morgan fingerprint density at radius 1 is 1.24 bits per heavy atom. The Morgan fingerprint density at radius 2 is 2.00 bits per heavy atom. The van der Waals surface area contributed by atoms with Gasteiger partial charge in [0.2, 0.25) is 11.8 Å². The minimum atomic E-state index is -0.457. The summed E-state index contributed by atoms with van der Waals surface area (Å²) < 4.78 is 5.41. The van der Waals surface area contributed by atoms with Crippen LogP contribution in [0.2, 0.25) is 0 Å². The van der Waals surface area contributed by atoms with Gasteiger partial charge in [-0.25, -0.2) is 4.98 Å². The Kier molecular flexibility index (Phi) is 6.93. The van der Waals surface area contributed by atoms with Gasteiger partial charge in [-0.1, -0.05) is 43.3 Å². The van der Waals surface area contributed by atoms with Crippen molar-refractivity contribution in [1.82, 2.24) is 20.4 Å². The average Bonchev–Trinajstić information content (AvgIpc) is 3.53. The van der Waals surface area contributed by atoms with Crippen molar-refractivity contribution in [2.45, 2.75) is 59.0 Å². The van der Waals surface area contributed by atoms with Gasteiger partial charge in [0.15, 0.2) is 0 Å². The zero-order valence-corrected chi connectivity index (χ0v) is 20.3. The van der Waals surface area contributed by atoms with E-state index in [0.29, 0.717) is 25.3 Å². The molecule has 4 rings (SSSR count). The molecular weight excluding hydrogens is 436 g/mol. The van der Waals surface area contributed by atoms with Crippen LogP contribution in [0.25, 0.3) is 10.4 Å². The molecule has 2 aromatic heterocycles. The number of aryl methyl sites for hydroxylation is 2. The van der Waals surface area contributed by atoms with Gasteiger partial charge in [-0.15, -0.1) is 11.3 Å². The van der Waals surface area contributed by atoms with Gasteiger partial charge in [0.1, 0.15) is 17.7 Å². The number of nitrogens with one attached hydrogen (secondary N) is 1. The largest absolute Gasteiger partial charge is 0.360 e. The van der Waals surface area contributed by atoms with E-state index < -0.39 is 12.0 Å². The second-order valence-corrected chi connectivity index (χ2v) is 9.82. The average molecular weight is 467 g/mol. The first kappa shape index (κ1) is 23.2. The van der Waals surface area contributed by atoms with Crippen molar-refractivity contribution in [1.29, 1.82) is 0 Å². The first-order chi connectivity index (χ1) is 15.8. The fourth-order valence-electron chi connectivity index (χ4n) is 4.41. The molecule has 1 aliphatic rings. The lowest BCUT2D eigenvalue weighted by atomic mass is 9.91. The van der Waals surface area contributed by atoms with Crippen molar-refractivity contribution >= 4 is 23.2 Å². The SMILES string of the molecule is Cc1cc(C(C(=O)N2CCCC2C(=O)NCc2ccc(-c3scnc3C)cc2)C(C)C)on1. The van der Waals surface area contributed by atoms with Crippen LogP contribution >= 0.6 is 11.3 Å². The molecular formula is C25H30N4O3S. The molecule has 0 radical (unpaired) electrons. The van der Waals surface area contributed by atoms with E-state index in [1.807, 2.05) is 51.4 Å². The molecule has 3 aromatic rings. The summed E-state index contributed by atoms with van der Waals surface area (Å²) in [5, 5.41) is 6.97. The van der Waals surface area contributed by atoms with Crippen molar-refractivity contribution in [3.63, 3.8) is 0 Å². The highest BCUT2D eigenvalue weighted by Crippen LogP contribution is 2.31. The summed E-state index contributed by atoms with van der Waals surface area (Å²) in [5.41, 5.74) is 5.76. The summed E-state index contributed by atoms with van der Waals surface area (Å²) in [4.78, 5) is 33.6. The van der Waals surface area contributed by atoms with Crippen LogP contribution in [-0.4, -0.2) is 39.4 Å². The molecule has 7 nitrogen and oxygen atoms in total. The Morgan fingerprint density at radius 3 is 2.61 bits per heavy atom. The fourth-order valence-corrected chi connectivity index (χ4v) is 5.22. The van der Waals surface area contributed by atoms with E-state index in [2.05, 4.69) is 27.6 Å². The highest BCUT2D eigenvalue weighted by atomic mass is 32.1. The number of rotatable bonds is 7. The summed E-state index contributed by atoms with van der Waals surface area (Å²) in [7, 11) is 0. The number of thiazole rings is 1. The van der Waals surface area contributed by atoms with Crippen LogP contribution < -0.4 is 5.32 Å². The molecule has 3 heterocycles. The Balaban J connectivity index is 1.40. The number of hydrogen-bond donors (Lipinski definition) is 1. The Hall–Kier alpha value is -3.00. The normalized spacial score (nSPS) is 16.9. The molecule has 1 aliphatic heterocycles. The maximum absolute atomic E-state index is 13.4. The van der Waals surface area contributed by atoms with Gasteiger partial charge in [0.05, 0.1) is 21.8 Å². The summed E-state index contributed by atoms with van der Waals surface area (Å²) in [5.74, 6) is -0.0189. The maximum atomic E-state index is 13.4. The number of likely N-dealkylation sites (tertiary alicyclic amines) is 1. The number of nitrogens with zero attached hydrogens (tertiary/aromatic N) is 3. The molecule has 174 valence electrons. The smallest absolute Gasteiger partial charge is 0.243 e. The number of benzene rings is 1. The zero-order valence-electron chi connectivity index (χ0n) is 19.5. The van der Waals surface area contributed by atoms with Gasteiger partial charge >= 0.3 is 0 Å². The molecule has 1 N–H and O–H groups in total. The second-order valence-electron chi connectivity index (χ2n) is 8.96. The van der Waals surface area contributed by atoms with Crippen molar-refractivity contribution < 1.29 is 14.1 Å². The highest BCUT2D eigenvalue weighted by molar-refractivity contribution is 7.13. The van der Waals surface area contributed by atoms with Gasteiger partial charge in [0, 0.05) is 19.2 Å². The van der Waals surface area contributed by atoms with Crippen molar-refractivity contribution in [3.05, 3.63) is 58.6 Å². The molecule has 8 heteroatoms. The first-order valence-corrected chi connectivity index (χ1v) is 12.2. The summed E-state index contributed by atoms with van der Waals surface area (Å²) >= 11 is 1.62. The third-order valence-electron chi connectivity index (χ3n) is 6.15. The van der Waals surface area contributed by atoms with Gasteiger partial charge in [0.25, 0.3) is 0 Å². The fraction of sp³-hybridized carbons (Fsp3) is 0.440. The van der Waals surface area contributed by atoms with Crippen LogP contribution in [0, 0.1) is 19.8 Å². The second kappa shape index (κ2) is 9.87. The minimum absolute atomic E-state index is 0.0369. The van der Waals surface area contributed by atoms with E-state index in [1.165, 1.54) is 0 Å². The summed E-state index contributed by atoms with van der Waals surface area (Å²) in [6.07, 6.45) is 1.48. The van der Waals surface area contributed by atoms with E-state index in [4.69, 9.17) is 4.52 Å². The topological polar surface area (TPSA) is 88.3 Å². The van der Waals surface area contributed by atoms with Gasteiger partial charge in [-0.3, -0.25) is 9.59 Å². The maximum Gasteiger partial charge on any atom is 0.243 e.